The quantitative estimate of drug-likeness (QED) is 0.229. The Bertz CT molecular complexity index is 1800. The SMILES string of the molecule is CC(C)(C)c1ccc(C(=O)Nc2cccc(-c3cn4ccnc4c(Nc4ccc(Cn5ccnc5)cc4)n3)c2)cc1. The molecule has 2 N–H and O–H groups in total. The summed E-state index contributed by atoms with van der Waals surface area (Å²) in [6, 6.07) is 23.7. The molecular formula is C33H31N7O. The minimum atomic E-state index is -0.153. The Kier molecular flexibility index (Phi) is 6.81. The van der Waals surface area contributed by atoms with E-state index in [9.17, 15) is 4.79 Å². The summed E-state index contributed by atoms with van der Waals surface area (Å²) >= 11 is 0. The van der Waals surface area contributed by atoms with Crippen LogP contribution >= 0.6 is 0 Å². The van der Waals surface area contributed by atoms with Crippen LogP contribution in [0.2, 0.25) is 0 Å². The van der Waals surface area contributed by atoms with Crippen LogP contribution in [-0.4, -0.2) is 29.8 Å². The first kappa shape index (κ1) is 26.0. The van der Waals surface area contributed by atoms with Gasteiger partial charge in [-0.25, -0.2) is 15.0 Å². The highest BCUT2D eigenvalue weighted by Crippen LogP contribution is 2.27. The van der Waals surface area contributed by atoms with Crippen LogP contribution in [0, 0.1) is 0 Å². The highest BCUT2D eigenvalue weighted by Gasteiger charge is 2.15. The van der Waals surface area contributed by atoms with E-state index in [1.807, 2.05) is 88.2 Å². The molecule has 8 heteroatoms. The van der Waals surface area contributed by atoms with Gasteiger partial charge in [-0.3, -0.25) is 4.79 Å². The number of nitrogens with one attached hydrogen (secondary N) is 2. The van der Waals surface area contributed by atoms with Gasteiger partial charge in [0.2, 0.25) is 0 Å². The maximum Gasteiger partial charge on any atom is 0.255 e. The van der Waals surface area contributed by atoms with Crippen molar-refractivity contribution < 1.29 is 4.79 Å². The summed E-state index contributed by atoms with van der Waals surface area (Å²) in [4.78, 5) is 26.5. The summed E-state index contributed by atoms with van der Waals surface area (Å²) in [5, 5.41) is 6.46. The fourth-order valence-electron chi connectivity index (χ4n) is 4.66. The summed E-state index contributed by atoms with van der Waals surface area (Å²) in [5.74, 6) is 0.489. The van der Waals surface area contributed by atoms with Crippen molar-refractivity contribution in [2.45, 2.75) is 32.7 Å². The van der Waals surface area contributed by atoms with Gasteiger partial charge in [0.15, 0.2) is 11.5 Å². The standard InChI is InChI=1S/C33H31N7O/c1-33(2,3)26-11-9-24(10-12-26)32(41)37-28-6-4-5-25(19-28)29-21-40-18-16-35-31(40)30(38-29)36-27-13-7-23(8-14-27)20-39-17-15-34-22-39/h4-19,21-22H,20H2,1-3H3,(H,36,38)(H,37,41). The Hall–Kier alpha value is -5.24. The van der Waals surface area contributed by atoms with Crippen molar-refractivity contribution in [3.05, 3.63) is 127 Å². The van der Waals surface area contributed by atoms with Crippen molar-refractivity contribution >= 4 is 28.7 Å². The third kappa shape index (κ3) is 5.86. The first-order valence-electron chi connectivity index (χ1n) is 13.5. The molecule has 6 rings (SSSR count). The minimum absolute atomic E-state index is 0.0325. The van der Waals surface area contributed by atoms with E-state index in [1.54, 1.807) is 18.7 Å². The van der Waals surface area contributed by atoms with Crippen LogP contribution in [0.25, 0.3) is 16.9 Å². The number of carbonyl (C=O) groups is 1. The number of aromatic nitrogens is 5. The number of amides is 1. The summed E-state index contributed by atoms with van der Waals surface area (Å²) in [6.45, 7) is 7.23. The molecule has 0 bridgehead atoms. The van der Waals surface area contributed by atoms with E-state index in [1.165, 1.54) is 11.1 Å². The van der Waals surface area contributed by atoms with E-state index >= 15 is 0 Å². The molecule has 0 aliphatic carbocycles. The molecule has 3 aromatic carbocycles. The van der Waals surface area contributed by atoms with Gasteiger partial charge in [0.25, 0.3) is 5.91 Å². The molecule has 3 aromatic heterocycles. The lowest BCUT2D eigenvalue weighted by atomic mass is 9.87. The van der Waals surface area contributed by atoms with Gasteiger partial charge in [-0.1, -0.05) is 57.2 Å². The number of carbonyl (C=O) groups excluding carboxylic acids is 1. The van der Waals surface area contributed by atoms with E-state index in [0.29, 0.717) is 17.1 Å². The van der Waals surface area contributed by atoms with E-state index in [4.69, 9.17) is 4.98 Å². The molecule has 0 saturated carbocycles. The predicted molar refractivity (Wildman–Crippen MR) is 163 cm³/mol. The second-order valence-corrected chi connectivity index (χ2v) is 11.1. The zero-order valence-corrected chi connectivity index (χ0v) is 23.2. The molecule has 41 heavy (non-hydrogen) atoms. The zero-order valence-electron chi connectivity index (χ0n) is 23.2. The third-order valence-electron chi connectivity index (χ3n) is 6.94. The van der Waals surface area contributed by atoms with Crippen LogP contribution in [0.1, 0.15) is 42.3 Å². The average molecular weight is 542 g/mol. The fraction of sp³-hybridized carbons (Fsp3) is 0.152. The zero-order chi connectivity index (χ0) is 28.4. The number of imidazole rings is 2. The number of anilines is 3. The Morgan fingerprint density at radius 2 is 1.71 bits per heavy atom. The number of hydrogen-bond donors (Lipinski definition) is 2. The van der Waals surface area contributed by atoms with Crippen molar-refractivity contribution in [2.24, 2.45) is 0 Å². The summed E-state index contributed by atoms with van der Waals surface area (Å²) in [7, 11) is 0. The molecule has 0 saturated heterocycles. The van der Waals surface area contributed by atoms with E-state index in [2.05, 4.69) is 53.5 Å². The monoisotopic (exact) mass is 541 g/mol. The number of benzene rings is 3. The normalized spacial score (nSPS) is 11.5. The van der Waals surface area contributed by atoms with Gasteiger partial charge >= 0.3 is 0 Å². The molecule has 0 aliphatic rings. The Balaban J connectivity index is 1.22. The lowest BCUT2D eigenvalue weighted by Gasteiger charge is -2.19. The van der Waals surface area contributed by atoms with Gasteiger partial charge in [-0.05, 0) is 52.9 Å². The molecule has 0 fully saturated rings. The Labute approximate surface area is 238 Å². The van der Waals surface area contributed by atoms with Crippen LogP contribution in [0.5, 0.6) is 0 Å². The molecule has 8 nitrogen and oxygen atoms in total. The van der Waals surface area contributed by atoms with Crippen molar-refractivity contribution in [1.29, 1.82) is 0 Å². The summed E-state index contributed by atoms with van der Waals surface area (Å²) < 4.78 is 3.97. The largest absolute Gasteiger partial charge is 0.337 e. The van der Waals surface area contributed by atoms with Crippen molar-refractivity contribution in [3.63, 3.8) is 0 Å². The topological polar surface area (TPSA) is 89.1 Å². The summed E-state index contributed by atoms with van der Waals surface area (Å²) in [5.41, 5.74) is 6.96. The number of rotatable bonds is 7. The average Bonchev–Trinajstić information content (AvgIpc) is 3.66. The van der Waals surface area contributed by atoms with Crippen LogP contribution < -0.4 is 10.6 Å². The lowest BCUT2D eigenvalue weighted by Crippen LogP contribution is -2.14. The molecule has 204 valence electrons. The van der Waals surface area contributed by atoms with Crippen molar-refractivity contribution in [1.82, 2.24) is 23.9 Å². The minimum Gasteiger partial charge on any atom is -0.337 e. The van der Waals surface area contributed by atoms with Gasteiger partial charge in [0, 0.05) is 60.0 Å². The molecular weight excluding hydrogens is 510 g/mol. The second-order valence-electron chi connectivity index (χ2n) is 11.1. The highest BCUT2D eigenvalue weighted by atomic mass is 16.1. The first-order chi connectivity index (χ1) is 19.8. The van der Waals surface area contributed by atoms with Gasteiger partial charge < -0.3 is 19.6 Å². The van der Waals surface area contributed by atoms with Crippen LogP contribution in [-0.2, 0) is 12.0 Å². The Morgan fingerprint density at radius 3 is 2.44 bits per heavy atom. The highest BCUT2D eigenvalue weighted by molar-refractivity contribution is 6.04. The molecule has 0 unspecified atom stereocenters. The fourth-order valence-corrected chi connectivity index (χ4v) is 4.66. The molecule has 0 radical (unpaired) electrons. The summed E-state index contributed by atoms with van der Waals surface area (Å²) in [6.07, 6.45) is 11.1. The van der Waals surface area contributed by atoms with Crippen LogP contribution in [0.3, 0.4) is 0 Å². The Morgan fingerprint density at radius 1 is 0.902 bits per heavy atom. The first-order valence-corrected chi connectivity index (χ1v) is 13.5. The number of nitrogens with zero attached hydrogens (tertiary/aromatic N) is 5. The van der Waals surface area contributed by atoms with Gasteiger partial charge in [-0.15, -0.1) is 0 Å². The molecule has 0 spiro atoms. The predicted octanol–water partition coefficient (Wildman–Crippen LogP) is 6.93. The maximum atomic E-state index is 13.0. The van der Waals surface area contributed by atoms with Crippen molar-refractivity contribution in [3.8, 4) is 11.3 Å². The molecule has 6 aromatic rings. The number of fused-ring (bicyclic) bond motifs is 1. The maximum absolute atomic E-state index is 13.0. The van der Waals surface area contributed by atoms with E-state index < -0.39 is 0 Å². The van der Waals surface area contributed by atoms with Crippen LogP contribution in [0.4, 0.5) is 17.2 Å². The van der Waals surface area contributed by atoms with Gasteiger partial charge in [0.05, 0.1) is 12.0 Å². The smallest absolute Gasteiger partial charge is 0.255 e. The third-order valence-corrected chi connectivity index (χ3v) is 6.94. The van der Waals surface area contributed by atoms with Crippen molar-refractivity contribution in [2.75, 3.05) is 10.6 Å². The van der Waals surface area contributed by atoms with Gasteiger partial charge in [0.1, 0.15) is 0 Å². The second kappa shape index (κ2) is 10.7. The molecule has 0 atom stereocenters. The number of hydrogen-bond acceptors (Lipinski definition) is 5. The molecule has 1 amide bonds. The molecule has 3 heterocycles. The van der Waals surface area contributed by atoms with E-state index in [0.717, 1.165) is 29.1 Å². The molecule has 0 aliphatic heterocycles. The van der Waals surface area contributed by atoms with E-state index in [-0.39, 0.29) is 11.3 Å². The van der Waals surface area contributed by atoms with Gasteiger partial charge in [-0.2, -0.15) is 0 Å². The van der Waals surface area contributed by atoms with Crippen LogP contribution in [0.15, 0.2) is 110 Å². The lowest BCUT2D eigenvalue weighted by molar-refractivity contribution is 0.102.